The van der Waals surface area contributed by atoms with E-state index in [0.29, 0.717) is 19.4 Å². The van der Waals surface area contributed by atoms with Gasteiger partial charge >= 0.3 is 30.3 Å². The first kappa shape index (κ1) is 41.6. The number of hydrogen-bond acceptors (Lipinski definition) is 8. The molecule has 4 atom stereocenters. The minimum Gasteiger partial charge on any atom is -0.457 e. The van der Waals surface area contributed by atoms with E-state index in [1.165, 1.54) is 13.8 Å². The van der Waals surface area contributed by atoms with Crippen LogP contribution in [-0.4, -0.2) is 69.5 Å². The number of rotatable bonds is 7. The molecular formula is C26H40F6O8. The highest BCUT2D eigenvalue weighted by Gasteiger charge is 2.56. The molecule has 0 saturated heterocycles. The Bertz CT molecular complexity index is 869. The molecule has 234 valence electrons. The Morgan fingerprint density at radius 1 is 0.600 bits per heavy atom. The second-order valence-electron chi connectivity index (χ2n) is 10.2. The topological polar surface area (TPSA) is 119 Å². The number of aliphatic hydroxyl groups is 2. The van der Waals surface area contributed by atoms with Crippen molar-refractivity contribution >= 4 is 17.9 Å². The van der Waals surface area contributed by atoms with E-state index in [0.717, 1.165) is 13.8 Å². The number of ether oxygens (including phenoxy) is 3. The van der Waals surface area contributed by atoms with Crippen molar-refractivity contribution in [1.29, 1.82) is 0 Å². The fraction of sp³-hybridized carbons (Fsp3) is 0.654. The lowest BCUT2D eigenvalue weighted by Crippen LogP contribution is -2.52. The van der Waals surface area contributed by atoms with Crippen LogP contribution < -0.4 is 0 Å². The van der Waals surface area contributed by atoms with Gasteiger partial charge in [0.05, 0.1) is 0 Å². The lowest BCUT2D eigenvalue weighted by molar-refractivity contribution is -0.282. The third-order valence-electron chi connectivity index (χ3n) is 4.74. The molecule has 0 aromatic heterocycles. The van der Waals surface area contributed by atoms with Crippen molar-refractivity contribution in [2.45, 2.75) is 111 Å². The Hall–Kier alpha value is -2.87. The van der Waals surface area contributed by atoms with Gasteiger partial charge in [-0.25, -0.2) is 14.4 Å². The van der Waals surface area contributed by atoms with Gasteiger partial charge in [0.2, 0.25) is 0 Å². The summed E-state index contributed by atoms with van der Waals surface area (Å²) in [6.07, 6.45) is -13.1. The van der Waals surface area contributed by atoms with Crippen LogP contribution in [0.25, 0.3) is 0 Å². The van der Waals surface area contributed by atoms with Crippen molar-refractivity contribution in [2.24, 2.45) is 0 Å². The molecule has 0 bridgehead atoms. The lowest BCUT2D eigenvalue weighted by atomic mass is 10.00. The minimum atomic E-state index is -4.86. The molecule has 0 aliphatic heterocycles. The van der Waals surface area contributed by atoms with Crippen LogP contribution in [0.1, 0.15) is 69.2 Å². The molecule has 0 aromatic rings. The number of carbonyl (C=O) groups is 3. The zero-order valence-corrected chi connectivity index (χ0v) is 24.4. The van der Waals surface area contributed by atoms with E-state index in [2.05, 4.69) is 29.2 Å². The highest BCUT2D eigenvalue weighted by atomic mass is 19.4. The first-order valence-corrected chi connectivity index (χ1v) is 11.5. The maximum absolute atomic E-state index is 12.3. The molecule has 0 aromatic carbocycles. The fourth-order valence-corrected chi connectivity index (χ4v) is 1.58. The summed E-state index contributed by atoms with van der Waals surface area (Å²) in [7, 11) is 0. The standard InChI is InChI=1S/2C9H13F3O3.C8H14O2/c2*1-5(2)7(13)15-6(3)8(4,14)9(10,11)12;1-6(2)7(9)10-8(3,4)5/h2*6,14H,1H2,2-4H3;1H2,2-5H3. The highest BCUT2D eigenvalue weighted by molar-refractivity contribution is 5.87. The molecule has 0 rings (SSSR count). The predicted octanol–water partition coefficient (Wildman–Crippen LogP) is 5.52. The summed E-state index contributed by atoms with van der Waals surface area (Å²) >= 11 is 0. The SMILES string of the molecule is C=C(C)C(=O)OC(C)(C)C.C=C(C)C(=O)OC(C)C(C)(O)C(F)(F)F.C=C(C)C(=O)OC(C)C(C)(O)C(F)(F)F. The molecule has 0 aliphatic carbocycles. The quantitative estimate of drug-likeness (QED) is 0.171. The summed E-state index contributed by atoms with van der Waals surface area (Å²) in [5, 5.41) is 18.2. The number of esters is 3. The Labute approximate surface area is 230 Å². The van der Waals surface area contributed by atoms with Crippen molar-refractivity contribution in [3.8, 4) is 0 Å². The van der Waals surface area contributed by atoms with Gasteiger partial charge in [0.15, 0.2) is 11.2 Å². The summed E-state index contributed by atoms with van der Waals surface area (Å²) in [4.78, 5) is 32.7. The molecule has 0 aliphatic rings. The maximum atomic E-state index is 12.3. The van der Waals surface area contributed by atoms with E-state index in [9.17, 15) is 40.7 Å². The van der Waals surface area contributed by atoms with Gasteiger partial charge in [0.25, 0.3) is 0 Å². The lowest BCUT2D eigenvalue weighted by Gasteiger charge is -2.31. The molecule has 4 unspecified atom stereocenters. The number of halogens is 6. The van der Waals surface area contributed by atoms with E-state index >= 15 is 0 Å². The molecule has 8 nitrogen and oxygen atoms in total. The first-order chi connectivity index (χ1) is 17.3. The molecule has 0 amide bonds. The molecule has 0 spiro atoms. The van der Waals surface area contributed by atoms with Gasteiger partial charge in [-0.15, -0.1) is 0 Å². The molecule has 14 heteroatoms. The second-order valence-corrected chi connectivity index (χ2v) is 10.2. The van der Waals surface area contributed by atoms with Crippen LogP contribution in [0.5, 0.6) is 0 Å². The van der Waals surface area contributed by atoms with Crippen LogP contribution in [0.2, 0.25) is 0 Å². The fourth-order valence-electron chi connectivity index (χ4n) is 1.58. The van der Waals surface area contributed by atoms with Gasteiger partial charge < -0.3 is 24.4 Å². The summed E-state index contributed by atoms with van der Waals surface area (Å²) in [6.45, 7) is 22.6. The van der Waals surface area contributed by atoms with Gasteiger partial charge in [-0.3, -0.25) is 0 Å². The molecule has 0 heterocycles. The number of alkyl halides is 6. The van der Waals surface area contributed by atoms with E-state index < -0.39 is 53.3 Å². The summed E-state index contributed by atoms with van der Waals surface area (Å²) in [5.41, 5.74) is -6.17. The van der Waals surface area contributed by atoms with Crippen LogP contribution in [0.4, 0.5) is 26.3 Å². The average Bonchev–Trinajstić information content (AvgIpc) is 2.71. The normalized spacial score (nSPS) is 16.1. The van der Waals surface area contributed by atoms with Crippen molar-refractivity contribution in [2.75, 3.05) is 0 Å². The Balaban J connectivity index is -0.000000525. The molecular weight excluding hydrogens is 554 g/mol. The molecule has 0 fully saturated rings. The predicted molar refractivity (Wildman–Crippen MR) is 135 cm³/mol. The van der Waals surface area contributed by atoms with Gasteiger partial charge in [0.1, 0.15) is 17.8 Å². The van der Waals surface area contributed by atoms with Crippen LogP contribution in [0.15, 0.2) is 36.5 Å². The molecule has 0 saturated carbocycles. The summed E-state index contributed by atoms with van der Waals surface area (Å²) in [5.74, 6) is -2.26. The van der Waals surface area contributed by atoms with Crippen molar-refractivity contribution in [3.63, 3.8) is 0 Å². The van der Waals surface area contributed by atoms with Gasteiger partial charge in [-0.1, -0.05) is 19.7 Å². The largest absolute Gasteiger partial charge is 0.457 e. The zero-order chi connectivity index (χ0) is 33.2. The van der Waals surface area contributed by atoms with Crippen LogP contribution in [0.3, 0.4) is 0 Å². The molecule has 0 radical (unpaired) electrons. The second kappa shape index (κ2) is 15.2. The number of hydrogen-bond donors (Lipinski definition) is 2. The summed E-state index contributed by atoms with van der Waals surface area (Å²) in [6, 6.07) is 0. The van der Waals surface area contributed by atoms with Gasteiger partial charge in [-0.2, -0.15) is 26.3 Å². The summed E-state index contributed by atoms with van der Waals surface area (Å²) < 4.78 is 87.4. The molecule has 40 heavy (non-hydrogen) atoms. The average molecular weight is 595 g/mol. The minimum absolute atomic E-state index is 0.0279. The van der Waals surface area contributed by atoms with Crippen LogP contribution in [-0.2, 0) is 28.6 Å². The zero-order valence-electron chi connectivity index (χ0n) is 24.4. The Kier molecular flexibility index (Phi) is 15.8. The third-order valence-corrected chi connectivity index (χ3v) is 4.74. The Morgan fingerprint density at radius 2 is 0.825 bits per heavy atom. The van der Waals surface area contributed by atoms with Crippen LogP contribution >= 0.6 is 0 Å². The van der Waals surface area contributed by atoms with E-state index in [-0.39, 0.29) is 17.1 Å². The van der Waals surface area contributed by atoms with Crippen molar-refractivity contribution in [1.82, 2.24) is 0 Å². The monoisotopic (exact) mass is 594 g/mol. The van der Waals surface area contributed by atoms with E-state index in [1.807, 2.05) is 20.8 Å². The molecule has 2 N–H and O–H groups in total. The van der Waals surface area contributed by atoms with Crippen LogP contribution in [0, 0.1) is 0 Å². The van der Waals surface area contributed by atoms with Crippen molar-refractivity contribution < 1.29 is 65.1 Å². The van der Waals surface area contributed by atoms with E-state index in [4.69, 9.17) is 14.9 Å². The highest BCUT2D eigenvalue weighted by Crippen LogP contribution is 2.35. The Morgan fingerprint density at radius 3 is 0.950 bits per heavy atom. The third kappa shape index (κ3) is 15.1. The van der Waals surface area contributed by atoms with Gasteiger partial charge in [0, 0.05) is 16.7 Å². The van der Waals surface area contributed by atoms with Gasteiger partial charge in [-0.05, 0) is 69.2 Å². The number of carbonyl (C=O) groups excluding carboxylic acids is 3. The maximum Gasteiger partial charge on any atom is 0.420 e. The smallest absolute Gasteiger partial charge is 0.420 e. The van der Waals surface area contributed by atoms with E-state index in [1.54, 1.807) is 6.92 Å². The van der Waals surface area contributed by atoms with Crippen molar-refractivity contribution in [3.05, 3.63) is 36.5 Å². The first-order valence-electron chi connectivity index (χ1n) is 11.5.